The summed E-state index contributed by atoms with van der Waals surface area (Å²) in [5, 5.41) is 2.49. The van der Waals surface area contributed by atoms with Crippen molar-refractivity contribution < 1.29 is 4.74 Å². The van der Waals surface area contributed by atoms with Crippen molar-refractivity contribution in [2.75, 3.05) is 7.11 Å². The molecule has 2 heteroatoms. The second kappa shape index (κ2) is 3.13. The van der Waals surface area contributed by atoms with Gasteiger partial charge in [0.25, 0.3) is 0 Å². The third-order valence-corrected chi connectivity index (χ3v) is 2.20. The Labute approximate surface area is 78.7 Å². The van der Waals surface area contributed by atoms with Gasteiger partial charge < -0.3 is 4.74 Å². The van der Waals surface area contributed by atoms with E-state index < -0.39 is 0 Å². The summed E-state index contributed by atoms with van der Waals surface area (Å²) in [6, 6.07) is 12.5. The topological polar surface area (TPSA) is 9.23 Å². The van der Waals surface area contributed by atoms with Gasteiger partial charge in [-0.05, 0) is 22.9 Å². The summed E-state index contributed by atoms with van der Waals surface area (Å²) < 4.78 is 5.15. The Morgan fingerprint density at radius 2 is 1.69 bits per heavy atom. The molecular formula is C11H11BO. The van der Waals surface area contributed by atoms with Crippen LogP contribution in [-0.4, -0.2) is 15.0 Å². The lowest BCUT2D eigenvalue weighted by Gasteiger charge is -2.02. The van der Waals surface area contributed by atoms with E-state index in [0.717, 1.165) is 5.75 Å². The summed E-state index contributed by atoms with van der Waals surface area (Å²) in [5.41, 5.74) is 1.29. The number of fused-ring (bicyclic) bond motifs is 1. The van der Waals surface area contributed by atoms with Crippen molar-refractivity contribution in [3.63, 3.8) is 0 Å². The Morgan fingerprint density at radius 1 is 1.00 bits per heavy atom. The molecule has 0 aromatic heterocycles. The molecule has 0 radical (unpaired) electrons. The molecule has 0 spiro atoms. The SMILES string of the molecule is Bc1ccc2cc(OC)ccc2c1. The summed E-state index contributed by atoms with van der Waals surface area (Å²) in [5.74, 6) is 0.913. The first kappa shape index (κ1) is 8.18. The number of rotatable bonds is 1. The molecule has 0 fully saturated rings. The van der Waals surface area contributed by atoms with E-state index in [1.54, 1.807) is 7.11 Å². The molecule has 2 aromatic rings. The van der Waals surface area contributed by atoms with E-state index in [9.17, 15) is 0 Å². The molecule has 0 saturated heterocycles. The van der Waals surface area contributed by atoms with Crippen LogP contribution in [0.1, 0.15) is 0 Å². The molecule has 0 bridgehead atoms. The van der Waals surface area contributed by atoms with Gasteiger partial charge in [-0.25, -0.2) is 0 Å². The van der Waals surface area contributed by atoms with Crippen molar-refractivity contribution in [3.05, 3.63) is 36.4 Å². The van der Waals surface area contributed by atoms with E-state index in [1.807, 2.05) is 6.07 Å². The van der Waals surface area contributed by atoms with Gasteiger partial charge in [-0.2, -0.15) is 0 Å². The Kier molecular flexibility index (Phi) is 1.97. The fraction of sp³-hybridized carbons (Fsp3) is 0.0909. The molecular weight excluding hydrogens is 159 g/mol. The van der Waals surface area contributed by atoms with Gasteiger partial charge in [-0.3, -0.25) is 0 Å². The van der Waals surface area contributed by atoms with Crippen LogP contribution in [0.25, 0.3) is 10.8 Å². The Bertz CT molecular complexity index is 437. The summed E-state index contributed by atoms with van der Waals surface area (Å²) >= 11 is 0. The lowest BCUT2D eigenvalue weighted by molar-refractivity contribution is 0.415. The minimum Gasteiger partial charge on any atom is -0.497 e. The highest BCUT2D eigenvalue weighted by molar-refractivity contribution is 6.33. The van der Waals surface area contributed by atoms with E-state index in [4.69, 9.17) is 4.74 Å². The lowest BCUT2D eigenvalue weighted by atomic mass is 9.93. The normalized spacial score (nSPS) is 10.2. The maximum atomic E-state index is 5.15. The van der Waals surface area contributed by atoms with Crippen molar-refractivity contribution in [2.24, 2.45) is 0 Å². The molecule has 2 aromatic carbocycles. The first-order valence-electron chi connectivity index (χ1n) is 4.34. The fourth-order valence-electron chi connectivity index (χ4n) is 1.47. The van der Waals surface area contributed by atoms with Gasteiger partial charge in [-0.15, -0.1) is 0 Å². The summed E-state index contributed by atoms with van der Waals surface area (Å²) in [6.45, 7) is 0. The molecule has 0 aliphatic heterocycles. The van der Waals surface area contributed by atoms with Crippen LogP contribution in [0.15, 0.2) is 36.4 Å². The summed E-state index contributed by atoms with van der Waals surface area (Å²) in [7, 11) is 3.79. The van der Waals surface area contributed by atoms with E-state index in [0.29, 0.717) is 0 Å². The molecule has 0 unspecified atom stereocenters. The van der Waals surface area contributed by atoms with Crippen molar-refractivity contribution in [3.8, 4) is 5.75 Å². The Hall–Kier alpha value is -1.44. The highest BCUT2D eigenvalue weighted by atomic mass is 16.5. The maximum absolute atomic E-state index is 5.15. The van der Waals surface area contributed by atoms with Crippen LogP contribution in [-0.2, 0) is 0 Å². The molecule has 0 amide bonds. The minimum absolute atomic E-state index is 0.913. The van der Waals surface area contributed by atoms with Crippen molar-refractivity contribution in [1.29, 1.82) is 0 Å². The molecule has 64 valence electrons. The average Bonchev–Trinajstić information content (AvgIpc) is 2.17. The number of ether oxygens (including phenoxy) is 1. The largest absolute Gasteiger partial charge is 0.497 e. The second-order valence-corrected chi connectivity index (χ2v) is 3.22. The van der Waals surface area contributed by atoms with Crippen LogP contribution in [0.2, 0.25) is 0 Å². The van der Waals surface area contributed by atoms with Crippen LogP contribution in [0.5, 0.6) is 5.75 Å². The highest BCUT2D eigenvalue weighted by Crippen LogP contribution is 2.19. The molecule has 0 aliphatic rings. The summed E-state index contributed by atoms with van der Waals surface area (Å²) in [4.78, 5) is 0. The van der Waals surface area contributed by atoms with E-state index in [-0.39, 0.29) is 0 Å². The predicted octanol–water partition coefficient (Wildman–Crippen LogP) is 1.11. The van der Waals surface area contributed by atoms with Crippen LogP contribution in [0, 0.1) is 0 Å². The molecule has 0 aliphatic carbocycles. The standard InChI is InChI=1S/C11H11BO/c1-13-11-5-3-8-6-10(12)4-2-9(8)7-11/h2-7H,12H2,1H3. The number of benzene rings is 2. The summed E-state index contributed by atoms with van der Waals surface area (Å²) in [6.07, 6.45) is 0. The maximum Gasteiger partial charge on any atom is 0.139 e. The molecule has 1 nitrogen and oxygen atoms in total. The molecule has 2 rings (SSSR count). The molecule has 0 heterocycles. The van der Waals surface area contributed by atoms with E-state index >= 15 is 0 Å². The minimum atomic E-state index is 0.913. The first-order chi connectivity index (χ1) is 6.29. The van der Waals surface area contributed by atoms with Gasteiger partial charge in [0.15, 0.2) is 0 Å². The van der Waals surface area contributed by atoms with Crippen LogP contribution in [0.4, 0.5) is 0 Å². The average molecular weight is 170 g/mol. The van der Waals surface area contributed by atoms with Crippen LogP contribution in [0.3, 0.4) is 0 Å². The lowest BCUT2D eigenvalue weighted by Crippen LogP contribution is -1.99. The number of methoxy groups -OCH3 is 1. The van der Waals surface area contributed by atoms with Crippen molar-refractivity contribution >= 4 is 24.1 Å². The Balaban J connectivity index is 2.66. The van der Waals surface area contributed by atoms with E-state index in [2.05, 4.69) is 38.2 Å². The van der Waals surface area contributed by atoms with Gasteiger partial charge in [0.1, 0.15) is 13.6 Å². The van der Waals surface area contributed by atoms with Gasteiger partial charge in [-0.1, -0.05) is 29.7 Å². The third-order valence-electron chi connectivity index (χ3n) is 2.20. The highest BCUT2D eigenvalue weighted by Gasteiger charge is 1.95. The second-order valence-electron chi connectivity index (χ2n) is 3.22. The quantitative estimate of drug-likeness (QED) is 0.582. The van der Waals surface area contributed by atoms with Crippen molar-refractivity contribution in [1.82, 2.24) is 0 Å². The first-order valence-corrected chi connectivity index (χ1v) is 4.34. The molecule has 0 atom stereocenters. The number of hydrogen-bond donors (Lipinski definition) is 0. The van der Waals surface area contributed by atoms with Gasteiger partial charge in [0.05, 0.1) is 7.11 Å². The zero-order valence-electron chi connectivity index (χ0n) is 7.87. The Morgan fingerprint density at radius 3 is 2.46 bits per heavy atom. The zero-order chi connectivity index (χ0) is 9.26. The van der Waals surface area contributed by atoms with Gasteiger partial charge in [0.2, 0.25) is 0 Å². The molecule has 13 heavy (non-hydrogen) atoms. The smallest absolute Gasteiger partial charge is 0.139 e. The fourth-order valence-corrected chi connectivity index (χ4v) is 1.47. The van der Waals surface area contributed by atoms with Crippen LogP contribution < -0.4 is 10.2 Å². The van der Waals surface area contributed by atoms with E-state index in [1.165, 1.54) is 16.2 Å². The third kappa shape index (κ3) is 1.52. The molecule has 0 saturated carbocycles. The predicted molar refractivity (Wildman–Crippen MR) is 58.7 cm³/mol. The number of hydrogen-bond acceptors (Lipinski definition) is 1. The van der Waals surface area contributed by atoms with Gasteiger partial charge >= 0.3 is 0 Å². The van der Waals surface area contributed by atoms with Gasteiger partial charge in [0, 0.05) is 0 Å². The molecule has 0 N–H and O–H groups in total. The van der Waals surface area contributed by atoms with Crippen molar-refractivity contribution in [2.45, 2.75) is 0 Å². The van der Waals surface area contributed by atoms with Crippen LogP contribution >= 0.6 is 0 Å². The zero-order valence-corrected chi connectivity index (χ0v) is 7.87. The monoisotopic (exact) mass is 170 g/mol.